The number of hydrogen-bond donors (Lipinski definition) is 2. The van der Waals surface area contributed by atoms with Crippen molar-refractivity contribution in [3.63, 3.8) is 0 Å². The molecule has 2 aromatic rings. The molecule has 0 spiro atoms. The lowest BCUT2D eigenvalue weighted by Gasteiger charge is -2.37. The topological polar surface area (TPSA) is 116 Å². The number of alkyl halides is 6. The molecular formula is C24H29F6N7O3. The van der Waals surface area contributed by atoms with Crippen molar-refractivity contribution in [2.24, 2.45) is 5.41 Å². The van der Waals surface area contributed by atoms with Crippen molar-refractivity contribution in [3.8, 4) is 0 Å². The molecule has 4 rings (SSSR count). The number of ether oxygens (including phenoxy) is 1. The lowest BCUT2D eigenvalue weighted by atomic mass is 9.89. The number of piperidine rings is 1. The van der Waals surface area contributed by atoms with Crippen molar-refractivity contribution < 1.29 is 35.9 Å². The molecule has 0 saturated carbocycles. The molecule has 2 aromatic heterocycles. The highest BCUT2D eigenvalue weighted by Crippen LogP contribution is 2.37. The highest BCUT2D eigenvalue weighted by Gasteiger charge is 2.49. The van der Waals surface area contributed by atoms with Crippen LogP contribution in [0.4, 0.5) is 38.0 Å². The van der Waals surface area contributed by atoms with E-state index in [1.165, 1.54) is 0 Å². The summed E-state index contributed by atoms with van der Waals surface area (Å²) in [5.41, 5.74) is -4.78. The number of likely N-dealkylation sites (tertiary alicyclic amines) is 1. The van der Waals surface area contributed by atoms with Gasteiger partial charge in [0.15, 0.2) is 0 Å². The molecule has 2 atom stereocenters. The van der Waals surface area contributed by atoms with Gasteiger partial charge in [-0.05, 0) is 19.8 Å². The lowest BCUT2D eigenvalue weighted by molar-refractivity contribution is -0.141. The quantitative estimate of drug-likeness (QED) is 0.482. The van der Waals surface area contributed by atoms with Gasteiger partial charge in [-0.3, -0.25) is 9.59 Å². The maximum absolute atomic E-state index is 13.3. The molecule has 2 fully saturated rings. The average Bonchev–Trinajstić information content (AvgIpc) is 3.09. The molecule has 2 aliphatic heterocycles. The largest absolute Gasteiger partial charge is 0.423 e. The van der Waals surface area contributed by atoms with Crippen LogP contribution in [0.3, 0.4) is 0 Å². The van der Waals surface area contributed by atoms with Crippen LogP contribution in [0.15, 0.2) is 23.4 Å². The Morgan fingerprint density at radius 3 is 2.27 bits per heavy atom. The Morgan fingerprint density at radius 1 is 1.07 bits per heavy atom. The first-order chi connectivity index (χ1) is 18.6. The molecule has 16 heteroatoms. The summed E-state index contributed by atoms with van der Waals surface area (Å²) in [5, 5.41) is 7.80. The molecule has 0 bridgehead atoms. The van der Waals surface area contributed by atoms with Crippen LogP contribution < -0.4 is 15.8 Å². The van der Waals surface area contributed by atoms with E-state index in [0.717, 1.165) is 18.6 Å². The predicted molar refractivity (Wildman–Crippen MR) is 130 cm³/mol. The number of halogens is 6. The van der Waals surface area contributed by atoms with Gasteiger partial charge in [-0.25, -0.2) is 15.1 Å². The SMILES string of the molecule is C[C@@H](CO[C@@H]1C(=O)N(C2CCN(c3ncc(C(F)(F)F)cn3)CC2)CC1(C)C)Nc1cn[nH]c(=O)c1C(F)(F)F. The summed E-state index contributed by atoms with van der Waals surface area (Å²) in [6.45, 7) is 6.46. The van der Waals surface area contributed by atoms with Crippen LogP contribution in [0.5, 0.6) is 0 Å². The molecule has 1 amide bonds. The highest BCUT2D eigenvalue weighted by molar-refractivity contribution is 5.84. The number of amides is 1. The molecule has 220 valence electrons. The predicted octanol–water partition coefficient (Wildman–Crippen LogP) is 3.32. The van der Waals surface area contributed by atoms with E-state index in [2.05, 4.69) is 20.4 Å². The number of anilines is 2. The summed E-state index contributed by atoms with van der Waals surface area (Å²) in [4.78, 5) is 36.2. The minimum Gasteiger partial charge on any atom is -0.378 e. The zero-order valence-corrected chi connectivity index (χ0v) is 21.9. The molecular weight excluding hydrogens is 548 g/mol. The first-order valence-corrected chi connectivity index (χ1v) is 12.6. The molecule has 4 heterocycles. The first-order valence-electron chi connectivity index (χ1n) is 12.6. The van der Waals surface area contributed by atoms with Gasteiger partial charge < -0.3 is 19.9 Å². The number of carbonyl (C=O) groups is 1. The molecule has 0 aromatic carbocycles. The molecule has 0 radical (unpaired) electrons. The molecule has 2 N–H and O–H groups in total. The van der Waals surface area contributed by atoms with E-state index >= 15 is 0 Å². The van der Waals surface area contributed by atoms with E-state index in [9.17, 15) is 35.9 Å². The van der Waals surface area contributed by atoms with E-state index in [1.807, 2.05) is 13.8 Å². The zero-order valence-electron chi connectivity index (χ0n) is 21.9. The second-order valence-corrected chi connectivity index (χ2v) is 10.7. The number of nitrogens with zero attached hydrogens (tertiary/aromatic N) is 5. The van der Waals surface area contributed by atoms with Crippen LogP contribution in [-0.2, 0) is 21.9 Å². The second kappa shape index (κ2) is 10.9. The number of aromatic nitrogens is 4. The molecule has 10 nitrogen and oxygen atoms in total. The van der Waals surface area contributed by atoms with Crippen LogP contribution in [0.1, 0.15) is 44.7 Å². The second-order valence-electron chi connectivity index (χ2n) is 10.7. The Hall–Kier alpha value is -3.43. The Morgan fingerprint density at radius 2 is 1.70 bits per heavy atom. The zero-order chi connectivity index (χ0) is 29.5. The molecule has 2 aliphatic rings. The van der Waals surface area contributed by atoms with Crippen LogP contribution in [0.25, 0.3) is 0 Å². The number of H-pyrrole nitrogens is 1. The van der Waals surface area contributed by atoms with Gasteiger partial charge >= 0.3 is 12.4 Å². The van der Waals surface area contributed by atoms with Crippen molar-refractivity contribution in [2.75, 3.05) is 36.5 Å². The molecule has 0 aliphatic carbocycles. The Labute approximate surface area is 225 Å². The third-order valence-corrected chi connectivity index (χ3v) is 7.00. The summed E-state index contributed by atoms with van der Waals surface area (Å²) in [6, 6.07) is -0.813. The minimum atomic E-state index is -4.89. The molecule has 40 heavy (non-hydrogen) atoms. The first kappa shape index (κ1) is 29.6. The highest BCUT2D eigenvalue weighted by atomic mass is 19.4. The van der Waals surface area contributed by atoms with E-state index < -0.39 is 52.3 Å². The smallest absolute Gasteiger partial charge is 0.378 e. The van der Waals surface area contributed by atoms with Gasteiger partial charge in [0.25, 0.3) is 11.5 Å². The third kappa shape index (κ3) is 6.31. The fraction of sp³-hybridized carbons (Fsp3) is 0.625. The number of aromatic amines is 1. The summed E-state index contributed by atoms with van der Waals surface area (Å²) in [6.07, 6.45) is -6.80. The monoisotopic (exact) mass is 577 g/mol. The van der Waals surface area contributed by atoms with E-state index in [0.29, 0.717) is 32.5 Å². The Bertz CT molecular complexity index is 1260. The van der Waals surface area contributed by atoms with Crippen molar-refractivity contribution in [1.82, 2.24) is 25.1 Å². The van der Waals surface area contributed by atoms with Crippen LogP contribution in [0, 0.1) is 5.41 Å². The summed E-state index contributed by atoms with van der Waals surface area (Å²) in [7, 11) is 0. The van der Waals surface area contributed by atoms with Crippen LogP contribution in [-0.4, -0.2) is 75.4 Å². The maximum Gasteiger partial charge on any atom is 0.423 e. The molecule has 2 saturated heterocycles. The van der Waals surface area contributed by atoms with Crippen molar-refractivity contribution in [2.45, 2.75) is 64.2 Å². The standard InChI is InChI=1S/C24H29F6N7O3/c1-13(34-16-10-33-35-19(38)17(16)24(28,29)30)11-40-18-20(39)37(12-22(18,2)3)15-4-6-36(7-5-15)21-31-8-14(9-32-21)23(25,26)27/h8-10,13,15,18H,4-7,11-12H2,1-3H3,(H2,34,35,38)/t13-,18+/m0/s1. The van der Waals surface area contributed by atoms with Crippen LogP contribution >= 0.6 is 0 Å². The van der Waals surface area contributed by atoms with Crippen LogP contribution in [0.2, 0.25) is 0 Å². The summed E-state index contributed by atoms with van der Waals surface area (Å²) >= 11 is 0. The minimum absolute atomic E-state index is 0.110. The Balaban J connectivity index is 1.34. The normalized spacial score (nSPS) is 21.1. The van der Waals surface area contributed by atoms with Gasteiger partial charge in [0.2, 0.25) is 5.95 Å². The van der Waals surface area contributed by atoms with Gasteiger partial charge in [0.1, 0.15) is 11.7 Å². The van der Waals surface area contributed by atoms with E-state index in [1.54, 1.807) is 21.8 Å². The van der Waals surface area contributed by atoms with E-state index in [4.69, 9.17) is 4.74 Å². The Kier molecular flexibility index (Phi) is 8.02. The number of carbonyl (C=O) groups excluding carboxylic acids is 1. The van der Waals surface area contributed by atoms with Gasteiger partial charge in [0, 0.05) is 49.5 Å². The molecule has 0 unspecified atom stereocenters. The lowest BCUT2D eigenvalue weighted by Crippen LogP contribution is -2.47. The van der Waals surface area contributed by atoms with Gasteiger partial charge in [-0.15, -0.1) is 0 Å². The van der Waals surface area contributed by atoms with E-state index in [-0.39, 0.29) is 24.5 Å². The third-order valence-electron chi connectivity index (χ3n) is 7.00. The number of hydrogen-bond acceptors (Lipinski definition) is 8. The summed E-state index contributed by atoms with van der Waals surface area (Å²) in [5.74, 6) is -0.0539. The van der Waals surface area contributed by atoms with Gasteiger partial charge in [-0.1, -0.05) is 13.8 Å². The van der Waals surface area contributed by atoms with Gasteiger partial charge in [-0.2, -0.15) is 31.4 Å². The summed E-state index contributed by atoms with van der Waals surface area (Å²) < 4.78 is 84.2. The average molecular weight is 578 g/mol. The van der Waals surface area contributed by atoms with Crippen molar-refractivity contribution in [1.29, 1.82) is 0 Å². The van der Waals surface area contributed by atoms with Crippen molar-refractivity contribution in [3.05, 3.63) is 40.1 Å². The fourth-order valence-corrected chi connectivity index (χ4v) is 5.04. The number of nitrogens with one attached hydrogen (secondary N) is 2. The maximum atomic E-state index is 13.3. The van der Waals surface area contributed by atoms with Gasteiger partial charge in [0.05, 0.1) is 24.1 Å². The number of rotatable bonds is 7. The van der Waals surface area contributed by atoms with Crippen molar-refractivity contribution >= 4 is 17.5 Å². The fourth-order valence-electron chi connectivity index (χ4n) is 5.04.